The van der Waals surface area contributed by atoms with Gasteiger partial charge in [-0.25, -0.2) is 0 Å². The Balaban J connectivity index is 0.00000225. The summed E-state index contributed by atoms with van der Waals surface area (Å²) in [6.07, 6.45) is 5.52. The first-order chi connectivity index (χ1) is 11.7. The van der Waals surface area contributed by atoms with Gasteiger partial charge in [0.15, 0.2) is 0 Å². The molecule has 4 heteroatoms. The van der Waals surface area contributed by atoms with E-state index in [-0.39, 0.29) is 32.7 Å². The van der Waals surface area contributed by atoms with Crippen LogP contribution >= 0.6 is 0 Å². The number of hydrogen-bond donors (Lipinski definition) is 0. The fraction of sp³-hybridized carbons (Fsp3) is 0.286. The Labute approximate surface area is 174 Å². The first-order valence-electron chi connectivity index (χ1n) is 8.23. The Hall–Kier alpha value is -1.29. The van der Waals surface area contributed by atoms with Crippen molar-refractivity contribution in [2.24, 2.45) is 0 Å². The molecule has 0 spiro atoms. The van der Waals surface area contributed by atoms with Crippen molar-refractivity contribution in [2.45, 2.75) is 19.4 Å². The Morgan fingerprint density at radius 3 is 2.72 bits per heavy atom. The summed E-state index contributed by atoms with van der Waals surface area (Å²) in [5.41, 5.74) is 5.61. The minimum atomic E-state index is 0. The minimum Gasteiger partial charge on any atom is -0.541 e. The van der Waals surface area contributed by atoms with Crippen LogP contribution in [0.25, 0.3) is 5.57 Å². The summed E-state index contributed by atoms with van der Waals surface area (Å²) in [7, 11) is 4.16. The van der Waals surface area contributed by atoms with Gasteiger partial charge in [0, 0.05) is 44.8 Å². The van der Waals surface area contributed by atoms with Gasteiger partial charge in [0.25, 0.3) is 0 Å². The molecule has 0 bridgehead atoms. The van der Waals surface area contributed by atoms with E-state index in [0.717, 1.165) is 29.8 Å². The molecule has 1 aliphatic rings. The number of benzene rings is 2. The molecule has 3 nitrogen and oxygen atoms in total. The summed E-state index contributed by atoms with van der Waals surface area (Å²) in [5.74, 6) is 0.872. The van der Waals surface area contributed by atoms with Gasteiger partial charge in [-0.05, 0) is 49.3 Å². The maximum absolute atomic E-state index is 10.8. The largest absolute Gasteiger partial charge is 0.541 e. The van der Waals surface area contributed by atoms with Crippen molar-refractivity contribution in [3.05, 3.63) is 70.8 Å². The van der Waals surface area contributed by atoms with Crippen molar-refractivity contribution in [3.63, 3.8) is 0 Å². The van der Waals surface area contributed by atoms with Crippen molar-refractivity contribution in [2.75, 3.05) is 20.6 Å². The number of nitrogens with zero attached hydrogens (tertiary/aromatic N) is 1. The van der Waals surface area contributed by atoms with Crippen LogP contribution in [0.2, 0.25) is 0 Å². The van der Waals surface area contributed by atoms with Crippen LogP contribution in [-0.4, -0.2) is 31.8 Å². The van der Waals surface area contributed by atoms with Gasteiger partial charge in [-0.2, -0.15) is 0 Å². The summed E-state index contributed by atoms with van der Waals surface area (Å²) in [5, 5.41) is 0. The van der Waals surface area contributed by atoms with Gasteiger partial charge in [-0.3, -0.25) is 6.29 Å². The summed E-state index contributed by atoms with van der Waals surface area (Å²) in [6.45, 7) is 1.55. The number of carbonyl (C=O) groups excluding carboxylic acids is 1. The van der Waals surface area contributed by atoms with Crippen LogP contribution in [0.1, 0.15) is 28.7 Å². The number of fused-ring (bicyclic) bond motifs is 2. The summed E-state index contributed by atoms with van der Waals surface area (Å²) >= 11 is 0. The Kier molecular flexibility index (Phi) is 7.55. The standard InChI is InChI=1S/C21H22NO2.Y/c1-22(2)12-5-8-19-18-7-4-3-6-17(18)15-24-21-10-9-16(11-13-23)14-20(19)21;/h3-4,6-10,14H,5,11-12,15H2,1-2H3;/q-1;/b19-8-;. The molecule has 0 unspecified atom stereocenters. The molecule has 0 atom stereocenters. The van der Waals surface area contributed by atoms with Gasteiger partial charge in [-0.15, -0.1) is 6.42 Å². The maximum atomic E-state index is 10.8. The molecule has 25 heavy (non-hydrogen) atoms. The smallest absolute Gasteiger partial charge is 0.127 e. The SMILES string of the molecule is CN(C)CC/C=C1/c2ccccc2COc2ccc(C[C-]=O)cc21.[Y]. The van der Waals surface area contributed by atoms with E-state index in [0.29, 0.717) is 13.0 Å². The van der Waals surface area contributed by atoms with Gasteiger partial charge in [-0.1, -0.05) is 42.0 Å². The van der Waals surface area contributed by atoms with Crippen LogP contribution in [0.5, 0.6) is 5.75 Å². The quantitative estimate of drug-likeness (QED) is 0.707. The van der Waals surface area contributed by atoms with E-state index >= 15 is 0 Å². The van der Waals surface area contributed by atoms with Gasteiger partial charge in [0.1, 0.15) is 12.4 Å². The van der Waals surface area contributed by atoms with Gasteiger partial charge < -0.3 is 14.4 Å². The van der Waals surface area contributed by atoms with Crippen molar-refractivity contribution in [1.82, 2.24) is 4.90 Å². The van der Waals surface area contributed by atoms with Crippen LogP contribution in [0.15, 0.2) is 48.5 Å². The van der Waals surface area contributed by atoms with Gasteiger partial charge in [0.05, 0.1) is 0 Å². The van der Waals surface area contributed by atoms with Crippen molar-refractivity contribution < 1.29 is 42.2 Å². The van der Waals surface area contributed by atoms with Gasteiger partial charge >= 0.3 is 0 Å². The van der Waals surface area contributed by atoms with E-state index in [2.05, 4.69) is 49.3 Å². The fourth-order valence-electron chi connectivity index (χ4n) is 3.00. The van der Waals surface area contributed by atoms with Crippen molar-refractivity contribution >= 4 is 11.9 Å². The van der Waals surface area contributed by atoms with E-state index in [1.807, 2.05) is 24.5 Å². The maximum Gasteiger partial charge on any atom is 0.127 e. The molecule has 1 radical (unpaired) electrons. The van der Waals surface area contributed by atoms with Crippen molar-refractivity contribution in [3.8, 4) is 5.75 Å². The van der Waals surface area contributed by atoms with E-state index in [4.69, 9.17) is 4.74 Å². The molecule has 2 aromatic rings. The second-order valence-corrected chi connectivity index (χ2v) is 6.31. The van der Waals surface area contributed by atoms with E-state index < -0.39 is 0 Å². The third kappa shape index (κ3) is 4.87. The van der Waals surface area contributed by atoms with Crippen LogP contribution in [-0.2, 0) is 50.5 Å². The van der Waals surface area contributed by atoms with Crippen LogP contribution in [0.3, 0.4) is 0 Å². The van der Waals surface area contributed by atoms with Crippen LogP contribution in [0.4, 0.5) is 0 Å². The molecule has 0 aliphatic carbocycles. The fourth-order valence-corrected chi connectivity index (χ4v) is 3.00. The Morgan fingerprint density at radius 1 is 1.16 bits per heavy atom. The predicted octanol–water partition coefficient (Wildman–Crippen LogP) is 3.61. The number of rotatable bonds is 5. The zero-order chi connectivity index (χ0) is 16.9. The molecule has 3 rings (SSSR count). The second kappa shape index (κ2) is 9.42. The molecular weight excluding hydrogens is 387 g/mol. The van der Waals surface area contributed by atoms with Crippen LogP contribution in [0, 0.1) is 0 Å². The monoisotopic (exact) mass is 409 g/mol. The number of hydrogen-bond acceptors (Lipinski definition) is 3. The average Bonchev–Trinajstić information content (AvgIpc) is 2.72. The van der Waals surface area contributed by atoms with E-state index in [9.17, 15) is 4.79 Å². The molecule has 0 amide bonds. The zero-order valence-electron chi connectivity index (χ0n) is 14.8. The predicted molar refractivity (Wildman–Crippen MR) is 96.9 cm³/mol. The third-order valence-corrected chi connectivity index (χ3v) is 4.23. The Morgan fingerprint density at radius 2 is 1.96 bits per heavy atom. The Bertz CT molecular complexity index is 768. The van der Waals surface area contributed by atoms with Gasteiger partial charge in [0.2, 0.25) is 0 Å². The molecule has 1 heterocycles. The second-order valence-electron chi connectivity index (χ2n) is 6.31. The van der Waals surface area contributed by atoms with Crippen molar-refractivity contribution in [1.29, 1.82) is 0 Å². The molecule has 2 aromatic carbocycles. The minimum absolute atomic E-state index is 0. The third-order valence-electron chi connectivity index (χ3n) is 4.23. The van der Waals surface area contributed by atoms with E-state index in [1.165, 1.54) is 16.7 Å². The number of ether oxygens (including phenoxy) is 1. The molecule has 127 valence electrons. The summed E-state index contributed by atoms with van der Waals surface area (Å²) in [4.78, 5) is 12.9. The van der Waals surface area contributed by atoms with Crippen LogP contribution < -0.4 is 4.74 Å². The zero-order valence-corrected chi connectivity index (χ0v) is 17.6. The van der Waals surface area contributed by atoms with E-state index in [1.54, 1.807) is 0 Å². The topological polar surface area (TPSA) is 29.5 Å². The summed E-state index contributed by atoms with van der Waals surface area (Å²) in [6, 6.07) is 14.3. The average molecular weight is 409 g/mol. The molecule has 0 N–H and O–H groups in total. The molecule has 0 fully saturated rings. The summed E-state index contributed by atoms with van der Waals surface area (Å²) < 4.78 is 6.02. The normalized spacial score (nSPS) is 14.1. The first-order valence-corrected chi connectivity index (χ1v) is 8.23. The molecule has 0 saturated heterocycles. The first kappa shape index (κ1) is 20.0. The molecular formula is C21H22NO2Y-. The molecule has 0 aromatic heterocycles. The molecule has 1 aliphatic heterocycles. The molecule has 0 saturated carbocycles.